The van der Waals surface area contributed by atoms with E-state index in [0.29, 0.717) is 66.8 Å². The van der Waals surface area contributed by atoms with Crippen molar-refractivity contribution >= 4 is 50.3 Å². The van der Waals surface area contributed by atoms with Crippen molar-refractivity contribution in [1.82, 2.24) is 14.9 Å². The van der Waals surface area contributed by atoms with Crippen LogP contribution in [0.4, 0.5) is 10.9 Å². The van der Waals surface area contributed by atoms with E-state index >= 15 is 0 Å². The number of pyridine rings is 1. The molecule has 310 valence electrons. The fourth-order valence-electron chi connectivity index (χ4n) is 8.08. The van der Waals surface area contributed by atoms with Gasteiger partial charge in [-0.3, -0.25) is 19.8 Å². The molecule has 2 aliphatic heterocycles. The van der Waals surface area contributed by atoms with Gasteiger partial charge in [-0.15, -0.1) is 0 Å². The maximum atomic E-state index is 13.9. The number of hydrogen-bond acceptors (Lipinski definition) is 11. The molecule has 7 rings (SSSR count). The van der Waals surface area contributed by atoms with E-state index in [1.807, 2.05) is 101 Å². The number of para-hydroxylation sites is 1. The Kier molecular flexibility index (Phi) is 13.0. The van der Waals surface area contributed by atoms with Crippen LogP contribution in [0.1, 0.15) is 91.4 Å². The molecule has 1 amide bonds. The van der Waals surface area contributed by atoms with Gasteiger partial charge >= 0.3 is 11.9 Å². The monoisotopic (exact) mass is 817 g/mol. The summed E-state index contributed by atoms with van der Waals surface area (Å²) in [4.78, 5) is 53.3. The topological polar surface area (TPSA) is 123 Å². The smallest absolute Gasteiger partial charge is 0.358 e. The number of fused-ring (bicyclic) bond motifs is 2. The number of piperidine rings is 1. The Bertz CT molecular complexity index is 2280. The summed E-state index contributed by atoms with van der Waals surface area (Å²) in [5.41, 5.74) is 5.52. The number of hydrogen-bond donors (Lipinski definition) is 1. The molecule has 2 aromatic heterocycles. The first-order valence-corrected chi connectivity index (χ1v) is 21.5. The van der Waals surface area contributed by atoms with Crippen LogP contribution in [0.3, 0.4) is 0 Å². The molecule has 12 heteroatoms. The van der Waals surface area contributed by atoms with Crippen LogP contribution in [-0.2, 0) is 27.2 Å². The molecule has 0 unspecified atom stereocenters. The Morgan fingerprint density at radius 1 is 0.949 bits per heavy atom. The van der Waals surface area contributed by atoms with Crippen LogP contribution in [0.5, 0.6) is 5.75 Å². The van der Waals surface area contributed by atoms with Gasteiger partial charge in [0, 0.05) is 24.2 Å². The third-order valence-electron chi connectivity index (χ3n) is 11.0. The van der Waals surface area contributed by atoms with E-state index in [9.17, 15) is 14.4 Å². The number of nitrogens with zero attached hydrogens (tertiary/aromatic N) is 4. The summed E-state index contributed by atoms with van der Waals surface area (Å²) in [7, 11) is 0. The minimum atomic E-state index is -0.718. The second kappa shape index (κ2) is 18.3. The van der Waals surface area contributed by atoms with Gasteiger partial charge in [-0.2, -0.15) is 0 Å². The van der Waals surface area contributed by atoms with Gasteiger partial charge in [-0.25, -0.2) is 14.8 Å². The molecule has 3 aromatic carbocycles. The van der Waals surface area contributed by atoms with E-state index in [0.717, 1.165) is 77.0 Å². The van der Waals surface area contributed by atoms with Gasteiger partial charge in [0.05, 0.1) is 30.0 Å². The normalized spacial score (nSPS) is 15.4. The van der Waals surface area contributed by atoms with Crippen molar-refractivity contribution in [3.05, 3.63) is 101 Å². The summed E-state index contributed by atoms with van der Waals surface area (Å²) in [6, 6.07) is 23.5. The Morgan fingerprint density at radius 2 is 1.73 bits per heavy atom. The van der Waals surface area contributed by atoms with Crippen molar-refractivity contribution in [1.29, 1.82) is 0 Å². The highest BCUT2D eigenvalue weighted by atomic mass is 32.1. The quantitative estimate of drug-likeness (QED) is 0.115. The number of rotatable bonds is 13. The lowest BCUT2D eigenvalue weighted by Gasteiger charge is -2.32. The Morgan fingerprint density at radius 3 is 2.47 bits per heavy atom. The van der Waals surface area contributed by atoms with E-state index < -0.39 is 11.6 Å². The zero-order valence-corrected chi connectivity index (χ0v) is 35.8. The van der Waals surface area contributed by atoms with Crippen LogP contribution in [-0.4, -0.2) is 77.7 Å². The van der Waals surface area contributed by atoms with E-state index in [1.165, 1.54) is 11.3 Å². The summed E-state index contributed by atoms with van der Waals surface area (Å²) in [5, 5.41) is 3.58. The average molecular weight is 818 g/mol. The lowest BCUT2D eigenvalue weighted by atomic mass is 9.88. The molecule has 2 aliphatic rings. The SMILES string of the molecule is CCOC(=O)CN1CCC(C[C@@H](C)COc2ccc(-c3ccc(N4CCc5cccc(C(=O)Nc6nc7ccccc7s6)c5C4)nc3C(=O)OC(C)(C)C)c(C)c2)CC1. The second-order valence-corrected chi connectivity index (χ2v) is 17.8. The summed E-state index contributed by atoms with van der Waals surface area (Å²) < 4.78 is 18.3. The van der Waals surface area contributed by atoms with E-state index in [1.54, 1.807) is 0 Å². The minimum Gasteiger partial charge on any atom is -0.493 e. The number of nitrogens with one attached hydrogen (secondary N) is 1. The minimum absolute atomic E-state index is 0.146. The van der Waals surface area contributed by atoms with Gasteiger partial charge in [-0.05, 0) is 150 Å². The number of esters is 2. The molecule has 1 atom stereocenters. The van der Waals surface area contributed by atoms with Gasteiger partial charge in [0.25, 0.3) is 5.91 Å². The van der Waals surface area contributed by atoms with E-state index in [-0.39, 0.29) is 17.6 Å². The third-order valence-corrected chi connectivity index (χ3v) is 11.9. The first-order valence-electron chi connectivity index (χ1n) is 20.7. The fourth-order valence-corrected chi connectivity index (χ4v) is 8.94. The lowest BCUT2D eigenvalue weighted by Crippen LogP contribution is -2.38. The zero-order valence-electron chi connectivity index (χ0n) is 35.0. The number of anilines is 2. The molecule has 1 saturated heterocycles. The Hall–Kier alpha value is -5.33. The predicted octanol–water partition coefficient (Wildman–Crippen LogP) is 9.12. The molecule has 11 nitrogen and oxygen atoms in total. The second-order valence-electron chi connectivity index (χ2n) is 16.8. The summed E-state index contributed by atoms with van der Waals surface area (Å²) in [5.74, 6) is 1.55. The van der Waals surface area contributed by atoms with Crippen molar-refractivity contribution in [2.24, 2.45) is 11.8 Å². The highest BCUT2D eigenvalue weighted by Crippen LogP contribution is 2.34. The molecule has 0 radical (unpaired) electrons. The molecular weight excluding hydrogens is 763 g/mol. The molecular formula is C47H55N5O6S. The highest BCUT2D eigenvalue weighted by molar-refractivity contribution is 7.22. The van der Waals surface area contributed by atoms with Gasteiger partial charge in [-0.1, -0.05) is 48.6 Å². The molecule has 1 fully saturated rings. The molecule has 5 aromatic rings. The summed E-state index contributed by atoms with van der Waals surface area (Å²) >= 11 is 1.45. The zero-order chi connectivity index (χ0) is 41.7. The van der Waals surface area contributed by atoms with Crippen molar-refractivity contribution in [3.8, 4) is 16.9 Å². The van der Waals surface area contributed by atoms with Gasteiger partial charge in [0.15, 0.2) is 10.8 Å². The Labute approximate surface area is 351 Å². The average Bonchev–Trinajstić information content (AvgIpc) is 3.62. The number of ether oxygens (including phenoxy) is 3. The van der Waals surface area contributed by atoms with Crippen molar-refractivity contribution in [2.45, 2.75) is 79.4 Å². The van der Waals surface area contributed by atoms with Crippen LogP contribution in [0, 0.1) is 18.8 Å². The number of thiazole rings is 1. The van der Waals surface area contributed by atoms with E-state index in [2.05, 4.69) is 33.1 Å². The van der Waals surface area contributed by atoms with Gasteiger partial charge in [0.2, 0.25) is 0 Å². The van der Waals surface area contributed by atoms with Gasteiger partial charge < -0.3 is 19.1 Å². The van der Waals surface area contributed by atoms with Crippen LogP contribution in [0.15, 0.2) is 72.8 Å². The number of benzene rings is 3. The highest BCUT2D eigenvalue weighted by Gasteiger charge is 2.28. The predicted molar refractivity (Wildman–Crippen MR) is 233 cm³/mol. The third kappa shape index (κ3) is 10.5. The molecule has 0 spiro atoms. The van der Waals surface area contributed by atoms with E-state index in [4.69, 9.17) is 19.2 Å². The van der Waals surface area contributed by atoms with Crippen LogP contribution in [0.25, 0.3) is 21.3 Å². The maximum Gasteiger partial charge on any atom is 0.358 e. The standard InChI is InChI=1S/C47H55N5O6S/c1-7-56-42(53)28-51-22-19-32(20-23-51)25-30(2)29-57-34-15-16-35(31(3)26-34)36-17-18-41(49-43(36)45(55)58-47(4,5)6)52-24-21-33-11-10-12-37(38(33)27-52)44(54)50-46-48-39-13-8-9-14-40(39)59-46/h8-18,26,30,32H,7,19-25,27-29H2,1-6H3,(H,48,50,54)/t30-/m1/s1. The van der Waals surface area contributed by atoms with Crippen molar-refractivity contribution in [3.63, 3.8) is 0 Å². The van der Waals surface area contributed by atoms with Gasteiger partial charge in [0.1, 0.15) is 17.2 Å². The summed E-state index contributed by atoms with van der Waals surface area (Å²) in [6.45, 7) is 16.0. The number of aromatic nitrogens is 2. The summed E-state index contributed by atoms with van der Waals surface area (Å²) in [6.07, 6.45) is 3.93. The van der Waals surface area contributed by atoms with Crippen LogP contribution >= 0.6 is 11.3 Å². The number of carbonyl (C=O) groups excluding carboxylic acids is 3. The number of likely N-dealkylation sites (tertiary alicyclic amines) is 1. The lowest BCUT2D eigenvalue weighted by molar-refractivity contribution is -0.144. The molecule has 0 saturated carbocycles. The number of aryl methyl sites for hydroxylation is 1. The van der Waals surface area contributed by atoms with Crippen molar-refractivity contribution < 1.29 is 28.6 Å². The number of carbonyl (C=O) groups is 3. The first kappa shape index (κ1) is 41.8. The Balaban J connectivity index is 1.04. The maximum absolute atomic E-state index is 13.9. The molecule has 59 heavy (non-hydrogen) atoms. The fraction of sp³-hybridized carbons (Fsp3) is 0.426. The largest absolute Gasteiger partial charge is 0.493 e. The molecule has 0 aliphatic carbocycles. The van der Waals surface area contributed by atoms with Crippen LogP contribution in [0.2, 0.25) is 0 Å². The molecule has 4 heterocycles. The molecule has 0 bridgehead atoms. The van der Waals surface area contributed by atoms with Crippen LogP contribution < -0.4 is 15.0 Å². The molecule has 1 N–H and O–H groups in total. The number of amides is 1. The first-order chi connectivity index (χ1) is 28.3. The van der Waals surface area contributed by atoms with Crippen molar-refractivity contribution in [2.75, 3.05) is 49.6 Å².